The first kappa shape index (κ1) is 23.3. The number of hydrogen-bond donors (Lipinski definition) is 0. The van der Waals surface area contributed by atoms with E-state index in [4.69, 9.17) is 19.4 Å². The van der Waals surface area contributed by atoms with Gasteiger partial charge in [0.1, 0.15) is 11.2 Å². The molecule has 0 fully saturated rings. The van der Waals surface area contributed by atoms with Crippen molar-refractivity contribution in [3.05, 3.63) is 140 Å². The number of hydrogen-bond acceptors (Lipinski definition) is 4. The molecule has 8 rings (SSSR count). The van der Waals surface area contributed by atoms with Crippen LogP contribution in [0.15, 0.2) is 144 Å². The van der Waals surface area contributed by atoms with Crippen molar-refractivity contribution in [2.75, 3.05) is 0 Å². The molecule has 8 aromatic rings. The van der Waals surface area contributed by atoms with Gasteiger partial charge in [0, 0.05) is 33.0 Å². The zero-order chi connectivity index (χ0) is 27.2. The van der Waals surface area contributed by atoms with Crippen LogP contribution in [0, 0.1) is 0 Å². The summed E-state index contributed by atoms with van der Waals surface area (Å²) in [6, 6.07) is 47.5. The lowest BCUT2D eigenvalue weighted by atomic mass is 9.92. The third kappa shape index (κ3) is 4.05. The lowest BCUT2D eigenvalue weighted by molar-refractivity contribution is 0.669. The number of rotatable bonds is 4. The summed E-state index contributed by atoms with van der Waals surface area (Å²) in [6.07, 6.45) is 0. The molecule has 0 bridgehead atoms. The normalized spacial score (nSPS) is 11.4. The van der Waals surface area contributed by atoms with E-state index in [2.05, 4.69) is 60.7 Å². The summed E-state index contributed by atoms with van der Waals surface area (Å²) >= 11 is 0. The minimum absolute atomic E-state index is 0.635. The topological polar surface area (TPSA) is 51.8 Å². The van der Waals surface area contributed by atoms with E-state index in [0.29, 0.717) is 17.5 Å². The van der Waals surface area contributed by atoms with Crippen LogP contribution in [-0.4, -0.2) is 15.0 Å². The van der Waals surface area contributed by atoms with Gasteiger partial charge < -0.3 is 4.42 Å². The van der Waals surface area contributed by atoms with Gasteiger partial charge in [-0.25, -0.2) is 15.0 Å². The predicted molar refractivity (Wildman–Crippen MR) is 166 cm³/mol. The van der Waals surface area contributed by atoms with Crippen molar-refractivity contribution in [2.45, 2.75) is 0 Å². The second-order valence-corrected chi connectivity index (χ2v) is 10.1. The molecule has 0 aliphatic rings. The zero-order valence-electron chi connectivity index (χ0n) is 22.0. The summed E-state index contributed by atoms with van der Waals surface area (Å²) in [6.45, 7) is 0. The molecule has 4 heteroatoms. The maximum absolute atomic E-state index is 6.14. The SMILES string of the molecule is c1ccc(-c2nc(-c3ccccc3)nc(-c3ccc4ccccc4c3-c3ccc4oc5ccccc5c4c3)n2)cc1. The van der Waals surface area contributed by atoms with Crippen LogP contribution in [0.1, 0.15) is 0 Å². The Hall–Kier alpha value is -5.61. The van der Waals surface area contributed by atoms with Gasteiger partial charge in [0.2, 0.25) is 0 Å². The van der Waals surface area contributed by atoms with Crippen LogP contribution < -0.4 is 0 Å². The first-order valence-corrected chi connectivity index (χ1v) is 13.6. The van der Waals surface area contributed by atoms with Gasteiger partial charge >= 0.3 is 0 Å². The number of benzene rings is 6. The average Bonchev–Trinajstić information content (AvgIpc) is 3.43. The Kier molecular flexibility index (Phi) is 5.42. The molecular weight excluding hydrogens is 502 g/mol. The Morgan fingerprint density at radius 2 is 0.976 bits per heavy atom. The molecule has 4 nitrogen and oxygen atoms in total. The molecule has 0 aliphatic heterocycles. The lowest BCUT2D eigenvalue weighted by Gasteiger charge is -2.15. The van der Waals surface area contributed by atoms with Gasteiger partial charge in [-0.15, -0.1) is 0 Å². The summed E-state index contributed by atoms with van der Waals surface area (Å²) in [5.74, 6) is 1.92. The van der Waals surface area contributed by atoms with Crippen molar-refractivity contribution >= 4 is 32.7 Å². The first-order valence-electron chi connectivity index (χ1n) is 13.6. The molecule has 2 aromatic heterocycles. The second kappa shape index (κ2) is 9.54. The average molecular weight is 526 g/mol. The molecule has 0 spiro atoms. The predicted octanol–water partition coefficient (Wildman–Crippen LogP) is 9.59. The number of nitrogens with zero attached hydrogens (tertiary/aromatic N) is 3. The molecule has 0 amide bonds. The fraction of sp³-hybridized carbons (Fsp3) is 0. The Bertz CT molecular complexity index is 2140. The smallest absolute Gasteiger partial charge is 0.164 e. The van der Waals surface area contributed by atoms with E-state index in [1.807, 2.05) is 78.9 Å². The third-order valence-electron chi connectivity index (χ3n) is 7.53. The van der Waals surface area contributed by atoms with Crippen LogP contribution in [0.3, 0.4) is 0 Å². The van der Waals surface area contributed by atoms with Crippen molar-refractivity contribution in [3.63, 3.8) is 0 Å². The molecule has 0 N–H and O–H groups in total. The minimum Gasteiger partial charge on any atom is -0.456 e. The van der Waals surface area contributed by atoms with Gasteiger partial charge in [-0.1, -0.05) is 115 Å². The molecule has 0 saturated carbocycles. The van der Waals surface area contributed by atoms with E-state index < -0.39 is 0 Å². The quantitative estimate of drug-likeness (QED) is 0.230. The maximum atomic E-state index is 6.14. The zero-order valence-corrected chi connectivity index (χ0v) is 22.0. The van der Waals surface area contributed by atoms with Crippen LogP contribution >= 0.6 is 0 Å². The van der Waals surface area contributed by atoms with E-state index in [1.165, 1.54) is 0 Å². The summed E-state index contributed by atoms with van der Waals surface area (Å²) in [7, 11) is 0. The van der Waals surface area contributed by atoms with E-state index in [-0.39, 0.29) is 0 Å². The van der Waals surface area contributed by atoms with Crippen molar-refractivity contribution in [2.24, 2.45) is 0 Å². The van der Waals surface area contributed by atoms with Crippen molar-refractivity contribution < 1.29 is 4.42 Å². The molecule has 0 atom stereocenters. The van der Waals surface area contributed by atoms with E-state index >= 15 is 0 Å². The van der Waals surface area contributed by atoms with Crippen molar-refractivity contribution in [1.82, 2.24) is 15.0 Å². The molecule has 192 valence electrons. The standard InChI is InChI=1S/C37H23N3O/c1-3-12-25(13-4-1)35-38-36(26-14-5-2-6-15-26)40-37(39-35)30-21-19-24-11-7-8-16-28(24)34(30)27-20-22-33-31(23-27)29-17-9-10-18-32(29)41-33/h1-23H. The third-order valence-corrected chi connectivity index (χ3v) is 7.53. The van der Waals surface area contributed by atoms with Gasteiger partial charge in [-0.05, 0) is 40.6 Å². The molecule has 0 aliphatic carbocycles. The molecule has 0 saturated heterocycles. The van der Waals surface area contributed by atoms with Crippen LogP contribution in [0.4, 0.5) is 0 Å². The highest BCUT2D eigenvalue weighted by molar-refractivity contribution is 6.09. The van der Waals surface area contributed by atoms with Crippen molar-refractivity contribution in [1.29, 1.82) is 0 Å². The minimum atomic E-state index is 0.635. The van der Waals surface area contributed by atoms with Crippen LogP contribution in [-0.2, 0) is 0 Å². The van der Waals surface area contributed by atoms with Crippen molar-refractivity contribution in [3.8, 4) is 45.3 Å². The highest BCUT2D eigenvalue weighted by Crippen LogP contribution is 2.40. The number of para-hydroxylation sites is 1. The highest BCUT2D eigenvalue weighted by Gasteiger charge is 2.19. The summed E-state index contributed by atoms with van der Waals surface area (Å²) in [5.41, 5.74) is 6.76. The Morgan fingerprint density at radius 1 is 0.390 bits per heavy atom. The fourth-order valence-corrected chi connectivity index (χ4v) is 5.58. The Labute approximate surface area is 236 Å². The highest BCUT2D eigenvalue weighted by atomic mass is 16.3. The van der Waals surface area contributed by atoms with E-state index in [9.17, 15) is 0 Å². The van der Waals surface area contributed by atoms with Gasteiger partial charge in [0.05, 0.1) is 0 Å². The van der Waals surface area contributed by atoms with Crippen LogP contribution in [0.5, 0.6) is 0 Å². The molecule has 0 radical (unpaired) electrons. The molecule has 6 aromatic carbocycles. The Morgan fingerprint density at radius 3 is 1.71 bits per heavy atom. The largest absolute Gasteiger partial charge is 0.456 e. The summed E-state index contributed by atoms with van der Waals surface area (Å²) < 4.78 is 6.14. The molecule has 0 unspecified atom stereocenters. The molecular formula is C37H23N3O. The summed E-state index contributed by atoms with van der Waals surface area (Å²) in [5, 5.41) is 4.48. The van der Waals surface area contributed by atoms with Gasteiger partial charge in [-0.3, -0.25) is 0 Å². The molecule has 41 heavy (non-hydrogen) atoms. The first-order chi connectivity index (χ1) is 20.3. The molecule has 2 heterocycles. The van der Waals surface area contributed by atoms with Gasteiger partial charge in [0.15, 0.2) is 17.5 Å². The van der Waals surface area contributed by atoms with Crippen LogP contribution in [0.2, 0.25) is 0 Å². The number of aromatic nitrogens is 3. The van der Waals surface area contributed by atoms with Gasteiger partial charge in [-0.2, -0.15) is 0 Å². The monoisotopic (exact) mass is 525 g/mol. The fourth-order valence-electron chi connectivity index (χ4n) is 5.58. The van der Waals surface area contributed by atoms with E-state index in [0.717, 1.165) is 60.5 Å². The Balaban J connectivity index is 1.42. The second-order valence-electron chi connectivity index (χ2n) is 10.1. The van der Waals surface area contributed by atoms with E-state index in [1.54, 1.807) is 0 Å². The lowest BCUT2D eigenvalue weighted by Crippen LogP contribution is -2.01. The number of furan rings is 1. The summed E-state index contributed by atoms with van der Waals surface area (Å²) in [4.78, 5) is 15.0. The number of fused-ring (bicyclic) bond motifs is 4. The van der Waals surface area contributed by atoms with Crippen LogP contribution in [0.25, 0.3) is 78.0 Å². The maximum Gasteiger partial charge on any atom is 0.164 e. The van der Waals surface area contributed by atoms with Gasteiger partial charge in [0.25, 0.3) is 0 Å².